The Morgan fingerprint density at radius 2 is 1.46 bits per heavy atom. The van der Waals surface area contributed by atoms with Crippen LogP contribution in [-0.2, 0) is 12.8 Å². The molecule has 1 aromatic heterocycles. The molecule has 1 aliphatic heterocycles. The average Bonchev–Trinajstić information content (AvgIpc) is 3.19. The Hall–Kier alpha value is -2.59. The summed E-state index contributed by atoms with van der Waals surface area (Å²) in [6, 6.07) is 23.5. The van der Waals surface area contributed by atoms with Crippen molar-refractivity contribution >= 4 is 5.69 Å². The van der Waals surface area contributed by atoms with Crippen LogP contribution in [0, 0.1) is 0 Å². The fourth-order valence-corrected chi connectivity index (χ4v) is 3.97. The van der Waals surface area contributed by atoms with Gasteiger partial charge in [-0.05, 0) is 56.1 Å². The van der Waals surface area contributed by atoms with Crippen LogP contribution in [0.25, 0.3) is 5.69 Å². The zero-order valence-corrected chi connectivity index (χ0v) is 16.8. The number of hydrogen-bond donors (Lipinski definition) is 0. The normalized spacial score (nSPS) is 15.1. The first-order chi connectivity index (χ1) is 13.8. The minimum atomic E-state index is 0.980. The van der Waals surface area contributed by atoms with E-state index in [1.807, 2.05) is 0 Å². The molecular weight excluding hydrogens is 344 g/mol. The van der Waals surface area contributed by atoms with E-state index in [-0.39, 0.29) is 0 Å². The minimum absolute atomic E-state index is 0.980. The number of nitrogens with zero attached hydrogens (tertiary/aromatic N) is 4. The SMILES string of the molecule is CCc1cc(CCCN2CCN(c3ccccc3)CC2)n(-c2ccccc2)n1. The Morgan fingerprint density at radius 1 is 0.821 bits per heavy atom. The molecule has 1 fully saturated rings. The number of anilines is 1. The predicted octanol–water partition coefficient (Wildman–Crippen LogP) is 4.19. The van der Waals surface area contributed by atoms with E-state index in [0.717, 1.165) is 51.3 Å². The molecule has 2 heterocycles. The van der Waals surface area contributed by atoms with Crippen LogP contribution in [0.5, 0.6) is 0 Å². The van der Waals surface area contributed by atoms with Gasteiger partial charge in [-0.2, -0.15) is 5.10 Å². The third-order valence-corrected chi connectivity index (χ3v) is 5.60. The molecule has 0 spiro atoms. The van der Waals surface area contributed by atoms with Gasteiger partial charge in [-0.3, -0.25) is 4.90 Å². The number of benzene rings is 2. The highest BCUT2D eigenvalue weighted by atomic mass is 15.3. The van der Waals surface area contributed by atoms with Crippen LogP contribution in [0.3, 0.4) is 0 Å². The van der Waals surface area contributed by atoms with E-state index in [0.29, 0.717) is 0 Å². The lowest BCUT2D eigenvalue weighted by atomic mass is 10.2. The van der Waals surface area contributed by atoms with Crippen LogP contribution in [-0.4, -0.2) is 47.4 Å². The number of aromatic nitrogens is 2. The first kappa shape index (κ1) is 18.8. The maximum Gasteiger partial charge on any atom is 0.0648 e. The number of piperazine rings is 1. The fourth-order valence-electron chi connectivity index (χ4n) is 3.97. The van der Waals surface area contributed by atoms with Crippen LogP contribution in [0.1, 0.15) is 24.7 Å². The van der Waals surface area contributed by atoms with Crippen molar-refractivity contribution in [3.8, 4) is 5.69 Å². The van der Waals surface area contributed by atoms with Gasteiger partial charge in [-0.1, -0.05) is 43.3 Å². The summed E-state index contributed by atoms with van der Waals surface area (Å²) in [5, 5.41) is 4.80. The molecule has 3 aromatic rings. The van der Waals surface area contributed by atoms with Crippen molar-refractivity contribution in [1.82, 2.24) is 14.7 Å². The van der Waals surface area contributed by atoms with Crippen molar-refractivity contribution in [3.63, 3.8) is 0 Å². The van der Waals surface area contributed by atoms with E-state index in [9.17, 15) is 0 Å². The van der Waals surface area contributed by atoms with Gasteiger partial charge in [-0.25, -0.2) is 4.68 Å². The van der Waals surface area contributed by atoms with Crippen molar-refractivity contribution in [1.29, 1.82) is 0 Å². The number of para-hydroxylation sites is 2. The Labute approximate surface area is 168 Å². The molecule has 28 heavy (non-hydrogen) atoms. The van der Waals surface area contributed by atoms with Gasteiger partial charge in [0.1, 0.15) is 0 Å². The van der Waals surface area contributed by atoms with Crippen molar-refractivity contribution in [2.45, 2.75) is 26.2 Å². The van der Waals surface area contributed by atoms with Crippen LogP contribution in [0.15, 0.2) is 66.7 Å². The summed E-state index contributed by atoms with van der Waals surface area (Å²) in [6.45, 7) is 7.86. The van der Waals surface area contributed by atoms with E-state index in [4.69, 9.17) is 5.10 Å². The second-order valence-electron chi connectivity index (χ2n) is 7.50. The van der Waals surface area contributed by atoms with Gasteiger partial charge in [-0.15, -0.1) is 0 Å². The summed E-state index contributed by atoms with van der Waals surface area (Å²) in [6.07, 6.45) is 3.22. The Kier molecular flexibility index (Phi) is 6.07. The highest BCUT2D eigenvalue weighted by Gasteiger charge is 2.17. The van der Waals surface area contributed by atoms with E-state index in [1.165, 1.54) is 23.5 Å². The molecule has 4 nitrogen and oxygen atoms in total. The predicted molar refractivity (Wildman–Crippen MR) is 116 cm³/mol. The quantitative estimate of drug-likeness (QED) is 0.620. The summed E-state index contributed by atoms with van der Waals surface area (Å²) >= 11 is 0. The van der Waals surface area contributed by atoms with Crippen molar-refractivity contribution < 1.29 is 0 Å². The Morgan fingerprint density at radius 3 is 2.11 bits per heavy atom. The van der Waals surface area contributed by atoms with Crippen molar-refractivity contribution in [3.05, 3.63) is 78.1 Å². The first-order valence-electron chi connectivity index (χ1n) is 10.5. The lowest BCUT2D eigenvalue weighted by Gasteiger charge is -2.36. The number of hydrogen-bond acceptors (Lipinski definition) is 3. The van der Waals surface area contributed by atoms with Gasteiger partial charge in [0.2, 0.25) is 0 Å². The maximum absolute atomic E-state index is 4.80. The minimum Gasteiger partial charge on any atom is -0.369 e. The molecule has 0 radical (unpaired) electrons. The summed E-state index contributed by atoms with van der Waals surface area (Å²) in [5.41, 5.74) is 5.01. The maximum atomic E-state index is 4.80. The molecular formula is C24H30N4. The van der Waals surface area contributed by atoms with Crippen molar-refractivity contribution in [2.24, 2.45) is 0 Å². The molecule has 0 N–H and O–H groups in total. The molecule has 1 aliphatic rings. The zero-order valence-electron chi connectivity index (χ0n) is 16.8. The van der Waals surface area contributed by atoms with Crippen LogP contribution < -0.4 is 4.90 Å². The van der Waals surface area contributed by atoms with Crippen LogP contribution in [0.2, 0.25) is 0 Å². The molecule has 0 bridgehead atoms. The van der Waals surface area contributed by atoms with E-state index in [2.05, 4.69) is 88.1 Å². The number of aryl methyl sites for hydroxylation is 2. The topological polar surface area (TPSA) is 24.3 Å². The van der Waals surface area contributed by atoms with Crippen molar-refractivity contribution in [2.75, 3.05) is 37.6 Å². The second kappa shape index (κ2) is 9.07. The van der Waals surface area contributed by atoms with E-state index < -0.39 is 0 Å². The highest BCUT2D eigenvalue weighted by molar-refractivity contribution is 5.46. The Bertz CT molecular complexity index is 849. The van der Waals surface area contributed by atoms with Gasteiger partial charge in [0, 0.05) is 37.6 Å². The summed E-state index contributed by atoms with van der Waals surface area (Å²) < 4.78 is 2.13. The summed E-state index contributed by atoms with van der Waals surface area (Å²) in [4.78, 5) is 5.10. The molecule has 1 saturated heterocycles. The zero-order chi connectivity index (χ0) is 19.2. The molecule has 0 saturated carbocycles. The van der Waals surface area contributed by atoms with Gasteiger partial charge >= 0.3 is 0 Å². The first-order valence-corrected chi connectivity index (χ1v) is 10.5. The largest absolute Gasteiger partial charge is 0.369 e. The van der Waals surface area contributed by atoms with Gasteiger partial charge in [0.05, 0.1) is 11.4 Å². The standard InChI is InChI=1S/C24H30N4/c1-2-21-20-24(28(25-21)23-12-7-4-8-13-23)14-9-15-26-16-18-27(19-17-26)22-10-5-3-6-11-22/h3-8,10-13,20H,2,9,14-19H2,1H3. The van der Waals surface area contributed by atoms with Gasteiger partial charge in [0.15, 0.2) is 0 Å². The highest BCUT2D eigenvalue weighted by Crippen LogP contribution is 2.17. The Balaban J connectivity index is 1.31. The monoisotopic (exact) mass is 374 g/mol. The van der Waals surface area contributed by atoms with Crippen LogP contribution in [0.4, 0.5) is 5.69 Å². The molecule has 4 rings (SSSR count). The lowest BCUT2D eigenvalue weighted by Crippen LogP contribution is -2.46. The van der Waals surface area contributed by atoms with Gasteiger partial charge in [0.25, 0.3) is 0 Å². The molecule has 4 heteroatoms. The van der Waals surface area contributed by atoms with E-state index in [1.54, 1.807) is 0 Å². The fraction of sp³-hybridized carbons (Fsp3) is 0.375. The molecule has 0 amide bonds. The summed E-state index contributed by atoms with van der Waals surface area (Å²) in [5.74, 6) is 0. The van der Waals surface area contributed by atoms with Gasteiger partial charge < -0.3 is 4.90 Å². The average molecular weight is 375 g/mol. The molecule has 0 unspecified atom stereocenters. The lowest BCUT2D eigenvalue weighted by molar-refractivity contribution is 0.254. The third kappa shape index (κ3) is 4.45. The number of rotatable bonds is 7. The molecule has 0 aliphatic carbocycles. The molecule has 0 atom stereocenters. The van der Waals surface area contributed by atoms with Crippen LogP contribution >= 0.6 is 0 Å². The summed E-state index contributed by atoms with van der Waals surface area (Å²) in [7, 11) is 0. The molecule has 146 valence electrons. The third-order valence-electron chi connectivity index (χ3n) is 5.60. The second-order valence-corrected chi connectivity index (χ2v) is 7.50. The molecule has 2 aromatic carbocycles. The smallest absolute Gasteiger partial charge is 0.0648 e. The van der Waals surface area contributed by atoms with E-state index >= 15 is 0 Å².